The van der Waals surface area contributed by atoms with Crippen molar-refractivity contribution in [3.63, 3.8) is 0 Å². The molecule has 4 aromatic carbocycles. The van der Waals surface area contributed by atoms with Gasteiger partial charge in [-0.05, 0) is 22.3 Å². The summed E-state index contributed by atoms with van der Waals surface area (Å²) in [6.45, 7) is -0.500. The predicted octanol–water partition coefficient (Wildman–Crippen LogP) is 0.976. The molecule has 13 heteroatoms. The first-order valence-corrected chi connectivity index (χ1v) is 17.5. The van der Waals surface area contributed by atoms with Gasteiger partial charge in [-0.15, -0.1) is 0 Å². The van der Waals surface area contributed by atoms with E-state index in [4.69, 9.17) is 0 Å². The smallest absolute Gasteiger partial charge is 1.00 e. The molecule has 0 atom stereocenters. The molecule has 239 valence electrons. The molecule has 4 aromatic rings. The summed E-state index contributed by atoms with van der Waals surface area (Å²) < 4.78 is 56.0. The van der Waals surface area contributed by atoms with Crippen molar-refractivity contribution in [2.45, 2.75) is 12.1 Å². The van der Waals surface area contributed by atoms with Crippen molar-refractivity contribution in [3.05, 3.63) is 144 Å². The first-order valence-electron chi connectivity index (χ1n) is 13.8. The van der Waals surface area contributed by atoms with Crippen LogP contribution in [0.5, 0.6) is 0 Å². The summed E-state index contributed by atoms with van der Waals surface area (Å²) in [6, 6.07) is 36.3. The number of methoxy groups -OCH3 is 1. The summed E-state index contributed by atoms with van der Waals surface area (Å²) in [4.78, 5) is 11.7. The third-order valence-electron chi connectivity index (χ3n) is 6.72. The molecule has 0 aliphatic heterocycles. The molecule has 0 heterocycles. The summed E-state index contributed by atoms with van der Waals surface area (Å²) in [7, 11) is -5.84. The average Bonchev–Trinajstić information content (AvgIpc) is 3.02. The fraction of sp³-hybridized carbons (Fsp3) is 0.242. The minimum Gasteiger partial charge on any atom is -1.00 e. The van der Waals surface area contributed by atoms with E-state index in [2.05, 4.69) is 4.74 Å². The van der Waals surface area contributed by atoms with Gasteiger partial charge in [0.25, 0.3) is 0 Å². The molecule has 0 saturated carbocycles. The fourth-order valence-electron chi connectivity index (χ4n) is 4.77. The van der Waals surface area contributed by atoms with E-state index in [-0.39, 0.29) is 48.4 Å². The maximum absolute atomic E-state index is 12.3. The predicted molar refractivity (Wildman–Crippen MR) is 179 cm³/mol. The van der Waals surface area contributed by atoms with Gasteiger partial charge in [0.2, 0.25) is 20.0 Å². The summed E-state index contributed by atoms with van der Waals surface area (Å²) >= 11 is 0. The molecular formula is C33H39BLiN2O7S2. The van der Waals surface area contributed by atoms with Gasteiger partial charge in [-0.2, -0.15) is 8.61 Å². The average molecular weight is 658 g/mol. The first-order chi connectivity index (χ1) is 21.0. The molecule has 0 spiro atoms. The van der Waals surface area contributed by atoms with Crippen molar-refractivity contribution in [2.24, 2.45) is 0 Å². The number of ether oxygens (including phenoxy) is 1. The van der Waals surface area contributed by atoms with Crippen LogP contribution in [0, 0.1) is 0 Å². The third kappa shape index (κ3) is 11.9. The second kappa shape index (κ2) is 19.5. The Hall–Kier alpha value is -3.21. The van der Waals surface area contributed by atoms with Gasteiger partial charge in [0.05, 0.1) is 38.3 Å². The number of esters is 1. The quantitative estimate of drug-likeness (QED) is 0.178. The van der Waals surface area contributed by atoms with Crippen molar-refractivity contribution in [2.75, 3.05) is 39.3 Å². The maximum Gasteiger partial charge on any atom is 1.00 e. The van der Waals surface area contributed by atoms with Crippen molar-refractivity contribution in [1.29, 1.82) is 0 Å². The number of rotatable bonds is 12. The van der Waals surface area contributed by atoms with E-state index in [1.54, 1.807) is 0 Å². The number of carbonyl (C=O) groups excluding carboxylic acids is 1. The SMILES string of the molecule is COC(=O)CN(C(c1ccccc1)c1ccccc1)S(C)(=O)=O.CS(=O)(=O)N(CCO)C(c1ccccc1)c1ccccc1.[B].[H-].[Li+]. The summed E-state index contributed by atoms with van der Waals surface area (Å²) in [6.07, 6.45) is 2.26. The Morgan fingerprint density at radius 2 is 0.935 bits per heavy atom. The van der Waals surface area contributed by atoms with Crippen molar-refractivity contribution < 1.29 is 51.8 Å². The zero-order valence-electron chi connectivity index (χ0n) is 27.5. The van der Waals surface area contributed by atoms with Gasteiger partial charge in [-0.3, -0.25) is 4.79 Å². The Morgan fingerprint density at radius 1 is 0.652 bits per heavy atom. The molecule has 0 saturated heterocycles. The largest absolute Gasteiger partial charge is 1.00 e. The van der Waals surface area contributed by atoms with Gasteiger partial charge in [-0.1, -0.05) is 121 Å². The standard InChI is InChI=1S/C17H19NO4S.C16H19NO3S.B.Li.H/c1-22-16(19)13-18(23(2,20)21)17(14-9-5-3-6-10-14)15-11-7-4-8-12-15;1-21(19,20)17(12-13-18)16(14-8-4-2-5-9-14)15-10-6-3-7-11-15;;;/h3-12,17H,13H2,1-2H3;2-11,16,18H,12-13H2,1H3;;;/q;;;+1;-1. The zero-order valence-corrected chi connectivity index (χ0v) is 28.1. The molecule has 0 bridgehead atoms. The molecule has 0 fully saturated rings. The van der Waals surface area contributed by atoms with Gasteiger partial charge >= 0.3 is 24.8 Å². The molecule has 0 amide bonds. The number of hydrogen-bond acceptors (Lipinski definition) is 7. The van der Waals surface area contributed by atoms with Crippen LogP contribution in [0.4, 0.5) is 0 Å². The summed E-state index contributed by atoms with van der Waals surface area (Å²) in [5.74, 6) is -0.604. The van der Waals surface area contributed by atoms with E-state index in [1.807, 2.05) is 121 Å². The van der Waals surface area contributed by atoms with E-state index >= 15 is 0 Å². The number of aliphatic hydroxyl groups is 1. The molecule has 46 heavy (non-hydrogen) atoms. The topological polar surface area (TPSA) is 121 Å². The monoisotopic (exact) mass is 657 g/mol. The Kier molecular flexibility index (Phi) is 17.3. The fourth-order valence-corrected chi connectivity index (χ4v) is 6.77. The van der Waals surface area contributed by atoms with Gasteiger partial charge in [-0.25, -0.2) is 16.8 Å². The van der Waals surface area contributed by atoms with Gasteiger partial charge < -0.3 is 11.3 Å². The second-order valence-corrected chi connectivity index (χ2v) is 13.8. The summed E-state index contributed by atoms with van der Waals surface area (Å²) in [5.41, 5.74) is 3.33. The number of benzene rings is 4. The van der Waals surface area contributed by atoms with E-state index in [0.29, 0.717) is 0 Å². The van der Waals surface area contributed by atoms with Crippen LogP contribution < -0.4 is 18.9 Å². The Balaban J connectivity index is 0.000000849. The van der Waals surface area contributed by atoms with E-state index < -0.39 is 38.1 Å². The number of sulfonamides is 2. The molecule has 0 unspecified atom stereocenters. The Morgan fingerprint density at radius 3 is 1.17 bits per heavy atom. The van der Waals surface area contributed by atoms with Crippen molar-refractivity contribution in [1.82, 2.24) is 8.61 Å². The molecule has 1 N–H and O–H groups in total. The first kappa shape index (κ1) is 40.8. The van der Waals surface area contributed by atoms with Gasteiger partial charge in [0.1, 0.15) is 6.54 Å². The normalized spacial score (nSPS) is 11.3. The van der Waals surface area contributed by atoms with Crippen LogP contribution in [0.3, 0.4) is 0 Å². The molecule has 9 nitrogen and oxygen atoms in total. The van der Waals surface area contributed by atoms with Gasteiger partial charge in [0, 0.05) is 15.0 Å². The number of carbonyl (C=O) groups is 1. The molecule has 4 rings (SSSR count). The van der Waals surface area contributed by atoms with Crippen molar-refractivity contribution in [3.8, 4) is 0 Å². The van der Waals surface area contributed by atoms with Crippen LogP contribution in [0.1, 0.15) is 35.8 Å². The Labute approximate surface area is 288 Å². The third-order valence-corrected chi connectivity index (χ3v) is 9.16. The van der Waals surface area contributed by atoms with Crippen LogP contribution in [0.25, 0.3) is 0 Å². The van der Waals surface area contributed by atoms with Crippen molar-refractivity contribution >= 4 is 34.4 Å². The maximum atomic E-state index is 12.3. The van der Waals surface area contributed by atoms with Crippen LogP contribution >= 0.6 is 0 Å². The molecule has 0 aromatic heterocycles. The van der Waals surface area contributed by atoms with Crippen LogP contribution in [-0.4, -0.2) is 84.3 Å². The van der Waals surface area contributed by atoms with Gasteiger partial charge in [0.15, 0.2) is 0 Å². The molecule has 0 aliphatic rings. The molecule has 0 aliphatic carbocycles. The van der Waals surface area contributed by atoms with Crippen LogP contribution in [-0.2, 0) is 29.6 Å². The van der Waals surface area contributed by atoms with Crippen LogP contribution in [0.15, 0.2) is 121 Å². The Bertz CT molecular complexity index is 1600. The van der Waals surface area contributed by atoms with E-state index in [0.717, 1.165) is 32.8 Å². The number of aliphatic hydroxyl groups excluding tert-OH is 1. The zero-order chi connectivity index (χ0) is 32.2. The minimum atomic E-state index is -3.63. The van der Waals surface area contributed by atoms with E-state index in [1.165, 1.54) is 17.7 Å². The van der Waals surface area contributed by atoms with Crippen LogP contribution in [0.2, 0.25) is 0 Å². The minimum absolute atomic E-state index is 0. The number of nitrogens with zero attached hydrogens (tertiary/aromatic N) is 2. The van der Waals surface area contributed by atoms with E-state index in [9.17, 15) is 26.7 Å². The number of hydrogen-bond donors (Lipinski definition) is 1. The summed E-state index contributed by atoms with van der Waals surface area (Å²) in [5, 5.41) is 9.24. The second-order valence-electron chi connectivity index (χ2n) is 9.93. The molecule has 3 radical (unpaired) electrons. The molecular weight excluding hydrogens is 618 g/mol.